The molecule has 138 valence electrons. The Morgan fingerprint density at radius 1 is 1.08 bits per heavy atom. The molecule has 1 saturated carbocycles. The molecule has 0 aromatic heterocycles. The number of likely N-dealkylation sites (tertiary alicyclic amines) is 1. The van der Waals surface area contributed by atoms with Gasteiger partial charge in [0, 0.05) is 37.2 Å². The molecule has 1 aliphatic heterocycles. The van der Waals surface area contributed by atoms with E-state index in [9.17, 15) is 9.59 Å². The highest BCUT2D eigenvalue weighted by Crippen LogP contribution is 2.24. The van der Waals surface area contributed by atoms with Crippen molar-refractivity contribution >= 4 is 24.2 Å². The molecule has 1 heterocycles. The maximum Gasteiger partial charge on any atom is 0.253 e. The fourth-order valence-electron chi connectivity index (χ4n) is 3.63. The second-order valence-corrected chi connectivity index (χ2v) is 7.04. The molecule has 3 rings (SSSR count). The number of carbonyl (C=O) groups is 2. The zero-order valence-electron chi connectivity index (χ0n) is 14.6. The molecule has 2 fully saturated rings. The van der Waals surface area contributed by atoms with Crippen molar-refractivity contribution in [3.8, 4) is 0 Å². The number of piperidine rings is 1. The van der Waals surface area contributed by atoms with Gasteiger partial charge in [-0.3, -0.25) is 9.59 Å². The van der Waals surface area contributed by atoms with Crippen molar-refractivity contribution in [2.75, 3.05) is 13.1 Å². The highest BCUT2D eigenvalue weighted by atomic mass is 35.5. The van der Waals surface area contributed by atoms with Gasteiger partial charge in [-0.15, -0.1) is 12.4 Å². The Kier molecular flexibility index (Phi) is 7.26. The first-order valence-corrected chi connectivity index (χ1v) is 9.05. The highest BCUT2D eigenvalue weighted by Gasteiger charge is 2.27. The number of carbonyl (C=O) groups excluding carboxylic acids is 2. The van der Waals surface area contributed by atoms with Crippen LogP contribution in [0, 0.1) is 5.92 Å². The van der Waals surface area contributed by atoms with Gasteiger partial charge in [-0.2, -0.15) is 0 Å². The van der Waals surface area contributed by atoms with E-state index in [1.807, 2.05) is 29.2 Å². The molecule has 1 aromatic rings. The fraction of sp³-hybridized carbons (Fsp3) is 0.579. The molecule has 25 heavy (non-hydrogen) atoms. The fourth-order valence-corrected chi connectivity index (χ4v) is 3.63. The van der Waals surface area contributed by atoms with Crippen molar-refractivity contribution in [2.45, 2.75) is 51.1 Å². The van der Waals surface area contributed by atoms with Gasteiger partial charge in [-0.25, -0.2) is 0 Å². The standard InChI is InChI=1S/C19H27N3O2.ClH/c20-17-9-8-16(12-17)18(23)21-13-14-4-6-15(7-5-14)19(24)22-10-2-1-3-11-22;/h4-7,16-17H,1-3,8-13,20H2,(H,21,23);1H. The molecule has 0 radical (unpaired) electrons. The first-order chi connectivity index (χ1) is 11.6. The summed E-state index contributed by atoms with van der Waals surface area (Å²) >= 11 is 0. The first-order valence-electron chi connectivity index (χ1n) is 9.05. The molecule has 1 saturated heterocycles. The Labute approximate surface area is 155 Å². The molecule has 2 atom stereocenters. The largest absolute Gasteiger partial charge is 0.352 e. The number of benzene rings is 1. The van der Waals surface area contributed by atoms with Crippen molar-refractivity contribution in [1.29, 1.82) is 0 Å². The van der Waals surface area contributed by atoms with Crippen LogP contribution in [-0.2, 0) is 11.3 Å². The number of nitrogens with zero attached hydrogens (tertiary/aromatic N) is 1. The Morgan fingerprint density at radius 3 is 2.36 bits per heavy atom. The summed E-state index contributed by atoms with van der Waals surface area (Å²) in [5.74, 6) is 0.265. The van der Waals surface area contributed by atoms with E-state index in [1.54, 1.807) is 0 Å². The number of nitrogens with one attached hydrogen (secondary N) is 1. The number of rotatable bonds is 4. The highest BCUT2D eigenvalue weighted by molar-refractivity contribution is 5.94. The average Bonchev–Trinajstić information content (AvgIpc) is 3.07. The van der Waals surface area contributed by atoms with Crippen molar-refractivity contribution in [3.05, 3.63) is 35.4 Å². The summed E-state index contributed by atoms with van der Waals surface area (Å²) < 4.78 is 0. The quantitative estimate of drug-likeness (QED) is 0.860. The van der Waals surface area contributed by atoms with E-state index in [-0.39, 0.29) is 36.2 Å². The van der Waals surface area contributed by atoms with Crippen molar-refractivity contribution in [2.24, 2.45) is 11.7 Å². The molecule has 3 N–H and O–H groups in total. The summed E-state index contributed by atoms with van der Waals surface area (Å²) in [5.41, 5.74) is 7.61. The lowest BCUT2D eigenvalue weighted by atomic mass is 10.1. The zero-order chi connectivity index (χ0) is 16.9. The van der Waals surface area contributed by atoms with Crippen LogP contribution >= 0.6 is 12.4 Å². The van der Waals surface area contributed by atoms with E-state index >= 15 is 0 Å². The molecule has 2 unspecified atom stereocenters. The third-order valence-electron chi connectivity index (χ3n) is 5.15. The summed E-state index contributed by atoms with van der Waals surface area (Å²) in [6.45, 7) is 2.23. The van der Waals surface area contributed by atoms with Gasteiger partial charge in [0.2, 0.25) is 5.91 Å². The Hall–Kier alpha value is -1.59. The lowest BCUT2D eigenvalue weighted by Crippen LogP contribution is -2.35. The van der Waals surface area contributed by atoms with Gasteiger partial charge in [0.15, 0.2) is 0 Å². The molecule has 1 aliphatic carbocycles. The molecule has 0 bridgehead atoms. The van der Waals surface area contributed by atoms with Crippen LogP contribution in [0.5, 0.6) is 0 Å². The minimum atomic E-state index is 0. The molecule has 5 nitrogen and oxygen atoms in total. The molecule has 6 heteroatoms. The minimum absolute atomic E-state index is 0. The van der Waals surface area contributed by atoms with Crippen molar-refractivity contribution < 1.29 is 9.59 Å². The molecule has 1 aromatic carbocycles. The van der Waals surface area contributed by atoms with Crippen LogP contribution in [0.4, 0.5) is 0 Å². The van der Waals surface area contributed by atoms with Gasteiger partial charge in [0.05, 0.1) is 0 Å². The first kappa shape index (κ1) is 19.7. The molecule has 0 spiro atoms. The smallest absolute Gasteiger partial charge is 0.253 e. The second-order valence-electron chi connectivity index (χ2n) is 7.04. The van der Waals surface area contributed by atoms with Gasteiger partial charge in [-0.05, 0) is 56.2 Å². The van der Waals surface area contributed by atoms with Crippen LogP contribution in [0.1, 0.15) is 54.4 Å². The molecular weight excluding hydrogens is 338 g/mol. The summed E-state index contributed by atoms with van der Waals surface area (Å²) in [5, 5.41) is 2.98. The summed E-state index contributed by atoms with van der Waals surface area (Å²) in [7, 11) is 0. The van der Waals surface area contributed by atoms with E-state index in [0.717, 1.165) is 56.3 Å². The zero-order valence-corrected chi connectivity index (χ0v) is 15.4. The third kappa shape index (κ3) is 5.19. The van der Waals surface area contributed by atoms with Gasteiger partial charge >= 0.3 is 0 Å². The van der Waals surface area contributed by atoms with Crippen LogP contribution in [-0.4, -0.2) is 35.8 Å². The van der Waals surface area contributed by atoms with Crippen LogP contribution in [0.15, 0.2) is 24.3 Å². The predicted octanol–water partition coefficient (Wildman–Crippen LogP) is 2.48. The van der Waals surface area contributed by atoms with Gasteiger partial charge in [0.25, 0.3) is 5.91 Å². The summed E-state index contributed by atoms with van der Waals surface area (Å²) in [6, 6.07) is 7.75. The van der Waals surface area contributed by atoms with E-state index < -0.39 is 0 Å². The van der Waals surface area contributed by atoms with Gasteiger partial charge in [0.1, 0.15) is 0 Å². The van der Waals surface area contributed by atoms with E-state index in [2.05, 4.69) is 5.32 Å². The maximum absolute atomic E-state index is 12.4. The van der Waals surface area contributed by atoms with Crippen molar-refractivity contribution in [1.82, 2.24) is 10.2 Å². The number of hydrogen-bond donors (Lipinski definition) is 2. The SMILES string of the molecule is Cl.NC1CCC(C(=O)NCc2ccc(C(=O)N3CCCCC3)cc2)C1. The number of amides is 2. The van der Waals surface area contributed by atoms with Crippen LogP contribution < -0.4 is 11.1 Å². The average molecular weight is 366 g/mol. The predicted molar refractivity (Wildman–Crippen MR) is 101 cm³/mol. The number of hydrogen-bond acceptors (Lipinski definition) is 3. The Bertz CT molecular complexity index is 585. The second kappa shape index (κ2) is 9.20. The van der Waals surface area contributed by atoms with E-state index in [1.165, 1.54) is 6.42 Å². The summed E-state index contributed by atoms with van der Waals surface area (Å²) in [4.78, 5) is 26.5. The van der Waals surface area contributed by atoms with Gasteiger partial charge in [-0.1, -0.05) is 12.1 Å². The number of nitrogens with two attached hydrogens (primary N) is 1. The van der Waals surface area contributed by atoms with Gasteiger partial charge < -0.3 is 16.0 Å². The molecule has 2 amide bonds. The topological polar surface area (TPSA) is 75.4 Å². The van der Waals surface area contributed by atoms with Crippen LogP contribution in [0.3, 0.4) is 0 Å². The van der Waals surface area contributed by atoms with Crippen LogP contribution in [0.2, 0.25) is 0 Å². The summed E-state index contributed by atoms with van der Waals surface area (Å²) in [6.07, 6.45) is 6.02. The molecule has 2 aliphatic rings. The van der Waals surface area contributed by atoms with E-state index in [0.29, 0.717) is 6.54 Å². The minimum Gasteiger partial charge on any atom is -0.352 e. The lowest BCUT2D eigenvalue weighted by Gasteiger charge is -2.26. The third-order valence-corrected chi connectivity index (χ3v) is 5.15. The van der Waals surface area contributed by atoms with E-state index in [4.69, 9.17) is 5.73 Å². The Balaban J connectivity index is 0.00000225. The Morgan fingerprint density at radius 2 is 1.76 bits per heavy atom. The maximum atomic E-state index is 12.4. The van der Waals surface area contributed by atoms with Crippen molar-refractivity contribution in [3.63, 3.8) is 0 Å². The van der Waals surface area contributed by atoms with Crippen LogP contribution in [0.25, 0.3) is 0 Å². The number of halogens is 1. The monoisotopic (exact) mass is 365 g/mol. The lowest BCUT2D eigenvalue weighted by molar-refractivity contribution is -0.125. The molecular formula is C19H28ClN3O2. The normalized spacial score (nSPS) is 23.0.